The molecule has 180 valence electrons. The van der Waals surface area contributed by atoms with Gasteiger partial charge in [0.05, 0.1) is 12.1 Å². The maximum absolute atomic E-state index is 12.9. The number of ether oxygens (including phenoxy) is 2. The number of piperidine rings is 3. The molecule has 3 saturated heterocycles. The van der Waals surface area contributed by atoms with Crippen LogP contribution in [0.15, 0.2) is 42.5 Å². The number of aryl methyl sites for hydroxylation is 1. The molecule has 1 unspecified atom stereocenters. The van der Waals surface area contributed by atoms with E-state index in [0.29, 0.717) is 5.92 Å². The molecule has 2 aromatic rings. The molecule has 6 nitrogen and oxygen atoms in total. The van der Waals surface area contributed by atoms with E-state index >= 15 is 0 Å². The lowest BCUT2D eigenvalue weighted by Crippen LogP contribution is -2.60. The number of benzene rings is 2. The van der Waals surface area contributed by atoms with E-state index in [9.17, 15) is 9.90 Å². The highest BCUT2D eigenvalue weighted by Gasteiger charge is 2.57. The van der Waals surface area contributed by atoms with Crippen molar-refractivity contribution in [1.29, 1.82) is 0 Å². The Labute approximate surface area is 201 Å². The van der Waals surface area contributed by atoms with Crippen LogP contribution in [0.2, 0.25) is 0 Å². The number of methoxy groups -OCH3 is 1. The Morgan fingerprint density at radius 2 is 1.82 bits per heavy atom. The number of nitrogens with zero attached hydrogens (tertiary/aromatic N) is 2. The molecule has 3 heterocycles. The van der Waals surface area contributed by atoms with Gasteiger partial charge in [0, 0.05) is 13.7 Å². The SMILES string of the molecule is COCOc1ccc(-c2ccc3c(c2)[C@@H](N(C(=O)O)C2CN4CCC2CC4)C2(CC3)CC2)cc1. The van der Waals surface area contributed by atoms with Crippen LogP contribution in [0.4, 0.5) is 4.79 Å². The number of rotatable bonds is 6. The van der Waals surface area contributed by atoms with Crippen LogP contribution < -0.4 is 4.74 Å². The van der Waals surface area contributed by atoms with Gasteiger partial charge in [-0.05, 0) is 103 Å². The number of carbonyl (C=O) groups is 1. The number of fused-ring (bicyclic) bond motifs is 4. The molecule has 2 bridgehead atoms. The summed E-state index contributed by atoms with van der Waals surface area (Å²) in [5.41, 5.74) is 4.93. The highest BCUT2D eigenvalue weighted by molar-refractivity contribution is 5.70. The predicted octanol–water partition coefficient (Wildman–Crippen LogP) is 5.18. The maximum atomic E-state index is 12.9. The first kappa shape index (κ1) is 21.9. The molecule has 1 spiro atoms. The fourth-order valence-electron chi connectivity index (χ4n) is 6.80. The lowest BCUT2D eigenvalue weighted by atomic mass is 9.73. The van der Waals surface area contributed by atoms with E-state index in [0.717, 1.165) is 75.0 Å². The molecule has 34 heavy (non-hydrogen) atoms. The Hall–Kier alpha value is -2.57. The van der Waals surface area contributed by atoms with Gasteiger partial charge in [-0.2, -0.15) is 0 Å². The Morgan fingerprint density at radius 3 is 2.44 bits per heavy atom. The van der Waals surface area contributed by atoms with Crippen molar-refractivity contribution in [2.45, 2.75) is 50.6 Å². The smallest absolute Gasteiger partial charge is 0.408 e. The van der Waals surface area contributed by atoms with Gasteiger partial charge >= 0.3 is 6.09 Å². The van der Waals surface area contributed by atoms with Crippen molar-refractivity contribution in [3.63, 3.8) is 0 Å². The molecule has 5 aliphatic rings. The second-order valence-electron chi connectivity index (χ2n) is 10.6. The zero-order valence-electron chi connectivity index (χ0n) is 19.9. The minimum Gasteiger partial charge on any atom is -0.468 e. The molecule has 0 aromatic heterocycles. The van der Waals surface area contributed by atoms with Gasteiger partial charge in [0.25, 0.3) is 0 Å². The van der Waals surface area contributed by atoms with E-state index in [2.05, 4.69) is 35.2 Å². The molecule has 0 radical (unpaired) electrons. The van der Waals surface area contributed by atoms with Crippen LogP contribution in [0.1, 0.15) is 49.3 Å². The molecule has 2 aromatic carbocycles. The van der Waals surface area contributed by atoms with Gasteiger partial charge < -0.3 is 19.5 Å². The number of carboxylic acid groups (broad SMARTS) is 1. The predicted molar refractivity (Wildman–Crippen MR) is 130 cm³/mol. The van der Waals surface area contributed by atoms with Crippen LogP contribution in [0.5, 0.6) is 5.75 Å². The van der Waals surface area contributed by atoms with Gasteiger partial charge in [0.2, 0.25) is 0 Å². The highest BCUT2D eigenvalue weighted by Crippen LogP contribution is 2.64. The molecule has 3 aliphatic heterocycles. The Balaban J connectivity index is 1.37. The molecular weight excluding hydrogens is 428 g/mol. The zero-order chi connectivity index (χ0) is 23.3. The van der Waals surface area contributed by atoms with Crippen molar-refractivity contribution in [3.05, 3.63) is 53.6 Å². The Kier molecular flexibility index (Phi) is 5.53. The van der Waals surface area contributed by atoms with Crippen LogP contribution in [-0.2, 0) is 11.2 Å². The topological polar surface area (TPSA) is 62.2 Å². The van der Waals surface area contributed by atoms with Crippen molar-refractivity contribution >= 4 is 6.09 Å². The first-order valence-electron chi connectivity index (χ1n) is 12.7. The van der Waals surface area contributed by atoms with Crippen LogP contribution >= 0.6 is 0 Å². The molecular formula is C28H34N2O4. The largest absolute Gasteiger partial charge is 0.468 e. The Morgan fingerprint density at radius 1 is 1.09 bits per heavy atom. The van der Waals surface area contributed by atoms with Gasteiger partial charge in [-0.3, -0.25) is 4.90 Å². The second kappa shape index (κ2) is 8.58. The fraction of sp³-hybridized carbons (Fsp3) is 0.536. The molecule has 2 atom stereocenters. The third-order valence-electron chi connectivity index (χ3n) is 8.81. The van der Waals surface area contributed by atoms with E-state index in [1.54, 1.807) is 7.11 Å². The summed E-state index contributed by atoms with van der Waals surface area (Å²) in [6.45, 7) is 3.36. The van der Waals surface area contributed by atoms with Gasteiger partial charge in [0.15, 0.2) is 6.79 Å². The summed E-state index contributed by atoms with van der Waals surface area (Å²) in [6, 6.07) is 14.8. The van der Waals surface area contributed by atoms with Crippen molar-refractivity contribution in [3.8, 4) is 16.9 Å². The fourth-order valence-corrected chi connectivity index (χ4v) is 6.80. The third kappa shape index (κ3) is 3.77. The van der Waals surface area contributed by atoms with E-state index in [1.807, 2.05) is 17.0 Å². The van der Waals surface area contributed by atoms with E-state index in [4.69, 9.17) is 9.47 Å². The number of hydrogen-bond acceptors (Lipinski definition) is 4. The van der Waals surface area contributed by atoms with Crippen LogP contribution in [0, 0.1) is 11.3 Å². The monoisotopic (exact) mass is 462 g/mol. The van der Waals surface area contributed by atoms with Crippen LogP contribution in [0.25, 0.3) is 11.1 Å². The number of hydrogen-bond donors (Lipinski definition) is 1. The first-order valence-corrected chi connectivity index (χ1v) is 12.7. The first-order chi connectivity index (χ1) is 16.6. The second-order valence-corrected chi connectivity index (χ2v) is 10.6. The van der Waals surface area contributed by atoms with Crippen molar-refractivity contribution in [2.24, 2.45) is 11.3 Å². The number of amides is 1. The minimum absolute atomic E-state index is 0.0384. The van der Waals surface area contributed by atoms with Crippen molar-refractivity contribution in [2.75, 3.05) is 33.5 Å². The molecule has 6 heteroatoms. The van der Waals surface area contributed by atoms with E-state index < -0.39 is 6.09 Å². The lowest BCUT2D eigenvalue weighted by molar-refractivity contribution is -0.0243. The lowest BCUT2D eigenvalue weighted by Gasteiger charge is -2.52. The molecule has 1 saturated carbocycles. The molecule has 1 N–H and O–H groups in total. The van der Waals surface area contributed by atoms with Crippen molar-refractivity contribution < 1.29 is 19.4 Å². The van der Waals surface area contributed by atoms with Crippen LogP contribution in [0.3, 0.4) is 0 Å². The van der Waals surface area contributed by atoms with Gasteiger partial charge in [-0.15, -0.1) is 0 Å². The van der Waals surface area contributed by atoms with Crippen molar-refractivity contribution in [1.82, 2.24) is 9.80 Å². The Bertz CT molecular complexity index is 1060. The summed E-state index contributed by atoms with van der Waals surface area (Å²) in [5.74, 6) is 1.27. The molecule has 4 fully saturated rings. The third-order valence-corrected chi connectivity index (χ3v) is 8.81. The average molecular weight is 463 g/mol. The summed E-state index contributed by atoms with van der Waals surface area (Å²) in [4.78, 5) is 17.2. The summed E-state index contributed by atoms with van der Waals surface area (Å²) in [7, 11) is 1.61. The zero-order valence-corrected chi connectivity index (χ0v) is 19.9. The molecule has 1 amide bonds. The van der Waals surface area contributed by atoms with Gasteiger partial charge in [0.1, 0.15) is 5.75 Å². The quantitative estimate of drug-likeness (QED) is 0.600. The van der Waals surface area contributed by atoms with Gasteiger partial charge in [-0.25, -0.2) is 4.79 Å². The van der Waals surface area contributed by atoms with E-state index in [1.165, 1.54) is 11.1 Å². The van der Waals surface area contributed by atoms with Gasteiger partial charge in [-0.1, -0.05) is 24.3 Å². The standard InChI is InChI=1S/C28H34N2O4/c1-33-18-34-23-6-4-19(5-7-23)22-3-2-20-8-11-28(12-13-28)26(24(20)16-22)30(27(31)32)25-17-29-14-9-21(25)10-15-29/h2-7,16,21,25-26H,8-15,17-18H2,1H3,(H,31,32)/t25?,26-/m1/s1. The normalized spacial score (nSPS) is 28.4. The highest BCUT2D eigenvalue weighted by atomic mass is 16.7. The molecule has 7 rings (SSSR count). The molecule has 2 aliphatic carbocycles. The maximum Gasteiger partial charge on any atom is 0.408 e. The minimum atomic E-state index is -0.743. The van der Waals surface area contributed by atoms with Crippen LogP contribution in [-0.4, -0.2) is 60.6 Å². The summed E-state index contributed by atoms with van der Waals surface area (Å²) in [6.07, 6.45) is 5.92. The summed E-state index contributed by atoms with van der Waals surface area (Å²) < 4.78 is 10.5. The average Bonchev–Trinajstić information content (AvgIpc) is 3.65. The summed E-state index contributed by atoms with van der Waals surface area (Å²) >= 11 is 0. The summed E-state index contributed by atoms with van der Waals surface area (Å²) in [5, 5.41) is 10.6. The van der Waals surface area contributed by atoms with E-state index in [-0.39, 0.29) is 24.3 Å².